The topological polar surface area (TPSA) is 72.9 Å². The smallest absolute Gasteiger partial charge is 0.246 e. The van der Waals surface area contributed by atoms with E-state index in [-0.39, 0.29) is 17.6 Å². The lowest BCUT2D eigenvalue weighted by Gasteiger charge is -2.37. The minimum atomic E-state index is -0.410. The number of carbonyl (C=O) groups is 2. The molecule has 7 heteroatoms. The van der Waals surface area contributed by atoms with E-state index < -0.39 is 6.04 Å². The van der Waals surface area contributed by atoms with Crippen molar-refractivity contribution in [2.45, 2.75) is 12.5 Å². The highest BCUT2D eigenvalue weighted by molar-refractivity contribution is 7.99. The van der Waals surface area contributed by atoms with E-state index in [0.29, 0.717) is 38.4 Å². The molecule has 2 amide bonds. The summed E-state index contributed by atoms with van der Waals surface area (Å²) in [5.41, 5.74) is 0.804. The van der Waals surface area contributed by atoms with Crippen LogP contribution in [0.1, 0.15) is 6.42 Å². The molecule has 2 heterocycles. The van der Waals surface area contributed by atoms with Crippen LogP contribution in [0.15, 0.2) is 24.3 Å². The molecule has 1 atom stereocenters. The highest BCUT2D eigenvalue weighted by Gasteiger charge is 2.30. The summed E-state index contributed by atoms with van der Waals surface area (Å²) in [4.78, 5) is 28.1. The van der Waals surface area contributed by atoms with Gasteiger partial charge in [-0.05, 0) is 12.1 Å². The first-order valence-corrected chi connectivity index (χ1v) is 8.99. The second-order valence-electron chi connectivity index (χ2n) is 5.75. The third kappa shape index (κ3) is 3.72. The van der Waals surface area contributed by atoms with E-state index in [0.717, 1.165) is 11.4 Å². The standard InChI is InChI=1S/C16H21N3O3S/c20-14-4-2-1-3-13(14)18-6-8-19(9-7-18)16(22)12-11-23-10-5-15(21)17-12/h1-4,12,20H,5-11H2,(H,17,21). The Kier molecular flexibility index (Phi) is 4.95. The van der Waals surface area contributed by atoms with Crippen molar-refractivity contribution in [3.8, 4) is 5.75 Å². The van der Waals surface area contributed by atoms with E-state index in [2.05, 4.69) is 10.2 Å². The van der Waals surface area contributed by atoms with Gasteiger partial charge in [0.05, 0.1) is 5.69 Å². The van der Waals surface area contributed by atoms with Crippen LogP contribution in [0.25, 0.3) is 0 Å². The lowest BCUT2D eigenvalue weighted by molar-refractivity contribution is -0.135. The number of para-hydroxylation sites is 2. The normalized spacial score (nSPS) is 22.4. The summed E-state index contributed by atoms with van der Waals surface area (Å²) in [5.74, 6) is 1.64. The van der Waals surface area contributed by atoms with Gasteiger partial charge in [0, 0.05) is 44.1 Å². The minimum absolute atomic E-state index is 0.00434. The number of rotatable bonds is 2. The molecular weight excluding hydrogens is 314 g/mol. The molecular formula is C16H21N3O3S. The van der Waals surface area contributed by atoms with Crippen LogP contribution < -0.4 is 10.2 Å². The number of carbonyl (C=O) groups excluding carboxylic acids is 2. The zero-order valence-electron chi connectivity index (χ0n) is 12.9. The first-order chi connectivity index (χ1) is 11.1. The highest BCUT2D eigenvalue weighted by Crippen LogP contribution is 2.27. The van der Waals surface area contributed by atoms with Gasteiger partial charge in [0.1, 0.15) is 11.8 Å². The van der Waals surface area contributed by atoms with E-state index in [4.69, 9.17) is 0 Å². The maximum Gasteiger partial charge on any atom is 0.246 e. The Labute approximate surface area is 139 Å². The Hall–Kier alpha value is -1.89. The molecule has 2 N–H and O–H groups in total. The number of nitrogens with zero attached hydrogens (tertiary/aromatic N) is 2. The molecule has 124 valence electrons. The molecule has 1 aromatic rings. The summed E-state index contributed by atoms with van der Waals surface area (Å²) in [7, 11) is 0. The number of thioether (sulfide) groups is 1. The second kappa shape index (κ2) is 7.12. The van der Waals surface area contributed by atoms with Gasteiger partial charge in [0.25, 0.3) is 0 Å². The van der Waals surface area contributed by atoms with E-state index in [9.17, 15) is 14.7 Å². The fourth-order valence-electron chi connectivity index (χ4n) is 2.93. The second-order valence-corrected chi connectivity index (χ2v) is 6.90. The molecule has 1 aromatic carbocycles. The van der Waals surface area contributed by atoms with Crippen molar-refractivity contribution in [3.63, 3.8) is 0 Å². The first kappa shape index (κ1) is 16.0. The number of piperazine rings is 1. The summed E-state index contributed by atoms with van der Waals surface area (Å²) < 4.78 is 0. The van der Waals surface area contributed by atoms with Crippen molar-refractivity contribution in [1.29, 1.82) is 0 Å². The fraction of sp³-hybridized carbons (Fsp3) is 0.500. The van der Waals surface area contributed by atoms with Gasteiger partial charge in [-0.1, -0.05) is 12.1 Å². The monoisotopic (exact) mass is 335 g/mol. The zero-order valence-corrected chi connectivity index (χ0v) is 13.7. The number of amides is 2. The number of aromatic hydroxyl groups is 1. The number of hydrogen-bond donors (Lipinski definition) is 2. The zero-order chi connectivity index (χ0) is 16.2. The third-order valence-corrected chi connectivity index (χ3v) is 5.27. The predicted molar refractivity (Wildman–Crippen MR) is 90.8 cm³/mol. The highest BCUT2D eigenvalue weighted by atomic mass is 32.2. The number of hydrogen-bond acceptors (Lipinski definition) is 5. The van der Waals surface area contributed by atoms with Crippen LogP contribution in [0.2, 0.25) is 0 Å². The molecule has 3 rings (SSSR count). The first-order valence-electron chi connectivity index (χ1n) is 7.84. The van der Waals surface area contributed by atoms with Gasteiger partial charge in [-0.15, -0.1) is 0 Å². The molecule has 0 aliphatic carbocycles. The Morgan fingerprint density at radius 1 is 1.22 bits per heavy atom. The van der Waals surface area contributed by atoms with Crippen LogP contribution in [-0.2, 0) is 9.59 Å². The molecule has 2 aliphatic rings. The maximum atomic E-state index is 12.6. The summed E-state index contributed by atoms with van der Waals surface area (Å²) in [6.07, 6.45) is 0.482. The van der Waals surface area contributed by atoms with Gasteiger partial charge >= 0.3 is 0 Å². The molecule has 23 heavy (non-hydrogen) atoms. The maximum absolute atomic E-state index is 12.6. The average Bonchev–Trinajstić information content (AvgIpc) is 2.79. The summed E-state index contributed by atoms with van der Waals surface area (Å²) in [6, 6.07) is 6.84. The Morgan fingerprint density at radius 3 is 2.70 bits per heavy atom. The largest absolute Gasteiger partial charge is 0.506 e. The molecule has 6 nitrogen and oxygen atoms in total. The van der Waals surface area contributed by atoms with Gasteiger partial charge in [-0.3, -0.25) is 9.59 Å². The van der Waals surface area contributed by atoms with Crippen LogP contribution >= 0.6 is 11.8 Å². The van der Waals surface area contributed by atoms with Crippen LogP contribution in [-0.4, -0.2) is 65.5 Å². The van der Waals surface area contributed by atoms with Gasteiger partial charge in [0.15, 0.2) is 0 Å². The van der Waals surface area contributed by atoms with Gasteiger partial charge < -0.3 is 20.2 Å². The fourth-order valence-corrected chi connectivity index (χ4v) is 3.88. The third-order valence-electron chi connectivity index (χ3n) is 4.21. The number of phenols is 1. The molecule has 0 spiro atoms. The number of benzene rings is 1. The van der Waals surface area contributed by atoms with Crippen molar-refractivity contribution in [1.82, 2.24) is 10.2 Å². The van der Waals surface area contributed by atoms with Crippen molar-refractivity contribution >= 4 is 29.3 Å². The Bertz CT molecular complexity index is 588. The van der Waals surface area contributed by atoms with Crippen molar-refractivity contribution in [3.05, 3.63) is 24.3 Å². The number of anilines is 1. The molecule has 2 fully saturated rings. The van der Waals surface area contributed by atoms with Crippen LogP contribution in [0, 0.1) is 0 Å². The number of phenolic OH excluding ortho intramolecular Hbond substituents is 1. The van der Waals surface area contributed by atoms with Crippen LogP contribution in [0.4, 0.5) is 5.69 Å². The van der Waals surface area contributed by atoms with Crippen molar-refractivity contribution < 1.29 is 14.7 Å². The van der Waals surface area contributed by atoms with E-state index in [1.165, 1.54) is 0 Å². The molecule has 0 saturated carbocycles. The van der Waals surface area contributed by atoms with E-state index in [1.807, 2.05) is 17.0 Å². The molecule has 2 aliphatic heterocycles. The van der Waals surface area contributed by atoms with E-state index in [1.54, 1.807) is 23.9 Å². The molecule has 0 aromatic heterocycles. The van der Waals surface area contributed by atoms with Crippen LogP contribution in [0.3, 0.4) is 0 Å². The molecule has 0 radical (unpaired) electrons. The summed E-state index contributed by atoms with van der Waals surface area (Å²) >= 11 is 1.64. The van der Waals surface area contributed by atoms with Gasteiger partial charge in [-0.2, -0.15) is 11.8 Å². The van der Waals surface area contributed by atoms with Crippen molar-refractivity contribution in [2.75, 3.05) is 42.6 Å². The predicted octanol–water partition coefficient (Wildman–Crippen LogP) is 0.662. The van der Waals surface area contributed by atoms with Crippen molar-refractivity contribution in [2.24, 2.45) is 0 Å². The summed E-state index contributed by atoms with van der Waals surface area (Å²) in [5, 5.41) is 12.8. The Balaban J connectivity index is 1.59. The van der Waals surface area contributed by atoms with Gasteiger partial charge in [0.2, 0.25) is 11.8 Å². The molecule has 2 saturated heterocycles. The quantitative estimate of drug-likeness (QED) is 0.831. The molecule has 1 unspecified atom stereocenters. The summed E-state index contributed by atoms with van der Waals surface area (Å²) in [6.45, 7) is 2.56. The lowest BCUT2D eigenvalue weighted by Crippen LogP contribution is -2.55. The molecule has 0 bridgehead atoms. The average molecular weight is 335 g/mol. The number of nitrogens with one attached hydrogen (secondary N) is 1. The van der Waals surface area contributed by atoms with Crippen LogP contribution in [0.5, 0.6) is 5.75 Å². The Morgan fingerprint density at radius 2 is 1.96 bits per heavy atom. The minimum Gasteiger partial charge on any atom is -0.506 e. The van der Waals surface area contributed by atoms with Gasteiger partial charge in [-0.25, -0.2) is 0 Å². The van der Waals surface area contributed by atoms with E-state index >= 15 is 0 Å². The SMILES string of the molecule is O=C1CCSCC(C(=O)N2CCN(c3ccccc3O)CC2)N1. The lowest BCUT2D eigenvalue weighted by atomic mass is 10.2.